The maximum Gasteiger partial charge on any atom is 0.223 e. The van der Waals surface area contributed by atoms with Crippen LogP contribution >= 0.6 is 0 Å². The Hall–Kier alpha value is -2.82. The predicted molar refractivity (Wildman–Crippen MR) is 120 cm³/mol. The van der Waals surface area contributed by atoms with Crippen LogP contribution in [-0.2, 0) is 17.8 Å². The molecule has 158 valence electrons. The maximum atomic E-state index is 11.9. The lowest BCUT2D eigenvalue weighted by Gasteiger charge is -2.11. The number of rotatable bonds is 10. The number of aromatic nitrogens is 2. The predicted octanol–water partition coefficient (Wildman–Crippen LogP) is 4.58. The minimum Gasteiger partial charge on any atom is -0.494 e. The lowest BCUT2D eigenvalue weighted by molar-refractivity contribution is -0.122. The minimum absolute atomic E-state index is 0.196. The first kappa shape index (κ1) is 20.5. The fraction of sp³-hybridized carbons (Fsp3) is 0.440. The van der Waals surface area contributed by atoms with E-state index in [4.69, 9.17) is 9.72 Å². The second-order valence-electron chi connectivity index (χ2n) is 8.36. The summed E-state index contributed by atoms with van der Waals surface area (Å²) in [6.07, 6.45) is 4.83. The number of amides is 1. The first-order valence-electron chi connectivity index (χ1n) is 11.0. The highest BCUT2D eigenvalue weighted by Crippen LogP contribution is 2.28. The Balaban J connectivity index is 1.32. The highest BCUT2D eigenvalue weighted by Gasteiger charge is 2.29. The molecule has 0 unspecified atom stereocenters. The van der Waals surface area contributed by atoms with Gasteiger partial charge in [-0.05, 0) is 74.9 Å². The fourth-order valence-electron chi connectivity index (χ4n) is 3.93. The van der Waals surface area contributed by atoms with Gasteiger partial charge in [0.15, 0.2) is 0 Å². The van der Waals surface area contributed by atoms with Crippen LogP contribution in [0.4, 0.5) is 0 Å². The molecule has 0 atom stereocenters. The van der Waals surface area contributed by atoms with Crippen LogP contribution in [0.3, 0.4) is 0 Å². The van der Waals surface area contributed by atoms with E-state index in [9.17, 15) is 4.79 Å². The molecule has 1 aliphatic rings. The molecular weight excluding hydrogens is 374 g/mol. The summed E-state index contributed by atoms with van der Waals surface area (Å²) in [4.78, 5) is 16.7. The van der Waals surface area contributed by atoms with Crippen molar-refractivity contribution in [1.82, 2.24) is 14.9 Å². The monoisotopic (exact) mass is 405 g/mol. The second kappa shape index (κ2) is 9.33. The molecule has 5 nitrogen and oxygen atoms in total. The van der Waals surface area contributed by atoms with Gasteiger partial charge in [0.2, 0.25) is 5.91 Å². The lowest BCUT2D eigenvalue weighted by Crippen LogP contribution is -2.27. The van der Waals surface area contributed by atoms with Gasteiger partial charge in [-0.3, -0.25) is 4.79 Å². The van der Waals surface area contributed by atoms with Crippen LogP contribution in [0.25, 0.3) is 11.0 Å². The molecule has 0 bridgehead atoms. The number of carbonyl (C=O) groups is 1. The molecule has 0 saturated heterocycles. The van der Waals surface area contributed by atoms with Gasteiger partial charge in [0.25, 0.3) is 0 Å². The molecule has 1 amide bonds. The van der Waals surface area contributed by atoms with Crippen molar-refractivity contribution in [1.29, 1.82) is 0 Å². The van der Waals surface area contributed by atoms with Gasteiger partial charge in [-0.2, -0.15) is 0 Å². The van der Waals surface area contributed by atoms with Crippen molar-refractivity contribution in [3.8, 4) is 5.75 Å². The summed E-state index contributed by atoms with van der Waals surface area (Å²) in [7, 11) is 0. The van der Waals surface area contributed by atoms with E-state index in [-0.39, 0.29) is 11.8 Å². The quantitative estimate of drug-likeness (QED) is 0.502. The van der Waals surface area contributed by atoms with Gasteiger partial charge in [0, 0.05) is 25.4 Å². The normalized spacial score (nSPS) is 13.5. The Labute approximate surface area is 178 Å². The number of fused-ring (bicyclic) bond motifs is 1. The number of hydrogen-bond acceptors (Lipinski definition) is 3. The number of hydrogen-bond donors (Lipinski definition) is 1. The Kier molecular flexibility index (Phi) is 6.36. The number of nitrogens with one attached hydrogen (secondary N) is 1. The SMILES string of the molecule is Cc1cc(C)cc(OCCCCn2c(CCNC(=O)C3CC3)nc3ccccc32)c1. The van der Waals surface area contributed by atoms with Crippen molar-refractivity contribution >= 4 is 16.9 Å². The summed E-state index contributed by atoms with van der Waals surface area (Å²) in [5.74, 6) is 2.44. The third-order valence-corrected chi connectivity index (χ3v) is 5.57. The molecule has 1 N–H and O–H groups in total. The minimum atomic E-state index is 0.196. The van der Waals surface area contributed by atoms with Crippen LogP contribution in [-0.4, -0.2) is 28.6 Å². The molecule has 1 aliphatic carbocycles. The van der Waals surface area contributed by atoms with Crippen LogP contribution in [0, 0.1) is 19.8 Å². The van der Waals surface area contributed by atoms with E-state index in [0.717, 1.165) is 61.3 Å². The van der Waals surface area contributed by atoms with Crippen molar-refractivity contribution in [2.45, 2.75) is 52.5 Å². The Morgan fingerprint density at radius 2 is 1.90 bits per heavy atom. The molecule has 1 aromatic heterocycles. The number of benzene rings is 2. The van der Waals surface area contributed by atoms with E-state index < -0.39 is 0 Å². The Morgan fingerprint density at radius 3 is 2.67 bits per heavy atom. The van der Waals surface area contributed by atoms with E-state index in [2.05, 4.69) is 60.1 Å². The van der Waals surface area contributed by atoms with Crippen molar-refractivity contribution in [3.63, 3.8) is 0 Å². The Bertz CT molecular complexity index is 1000. The largest absolute Gasteiger partial charge is 0.494 e. The van der Waals surface area contributed by atoms with Crippen molar-refractivity contribution < 1.29 is 9.53 Å². The van der Waals surface area contributed by atoms with Crippen LogP contribution < -0.4 is 10.1 Å². The second-order valence-corrected chi connectivity index (χ2v) is 8.36. The van der Waals surface area contributed by atoms with Crippen LogP contribution in [0.2, 0.25) is 0 Å². The number of carbonyl (C=O) groups excluding carboxylic acids is 1. The van der Waals surface area contributed by atoms with Gasteiger partial charge in [0.05, 0.1) is 17.6 Å². The molecule has 30 heavy (non-hydrogen) atoms. The molecule has 3 aromatic rings. The van der Waals surface area contributed by atoms with E-state index in [0.29, 0.717) is 13.2 Å². The zero-order chi connectivity index (χ0) is 20.9. The summed E-state index contributed by atoms with van der Waals surface area (Å²) < 4.78 is 8.25. The zero-order valence-electron chi connectivity index (χ0n) is 18.0. The van der Waals surface area contributed by atoms with E-state index >= 15 is 0 Å². The number of unbranched alkanes of at least 4 members (excludes halogenated alkanes) is 1. The van der Waals surface area contributed by atoms with E-state index in [1.165, 1.54) is 11.1 Å². The zero-order valence-corrected chi connectivity index (χ0v) is 18.0. The van der Waals surface area contributed by atoms with Gasteiger partial charge in [-0.25, -0.2) is 4.98 Å². The maximum absolute atomic E-state index is 11.9. The van der Waals surface area contributed by atoms with Gasteiger partial charge >= 0.3 is 0 Å². The summed E-state index contributed by atoms with van der Waals surface area (Å²) in [5.41, 5.74) is 4.64. The molecule has 1 heterocycles. The summed E-state index contributed by atoms with van der Waals surface area (Å²) in [6, 6.07) is 14.6. The fourth-order valence-corrected chi connectivity index (χ4v) is 3.93. The first-order chi connectivity index (χ1) is 14.6. The third-order valence-electron chi connectivity index (χ3n) is 5.57. The number of nitrogens with zero attached hydrogens (tertiary/aromatic N) is 2. The van der Waals surface area contributed by atoms with E-state index in [1.54, 1.807) is 0 Å². The number of para-hydroxylation sites is 2. The number of ether oxygens (including phenoxy) is 1. The number of aryl methyl sites for hydroxylation is 3. The molecule has 5 heteroatoms. The Morgan fingerprint density at radius 1 is 1.13 bits per heavy atom. The molecule has 2 aromatic carbocycles. The molecular formula is C25H31N3O2. The highest BCUT2D eigenvalue weighted by molar-refractivity contribution is 5.80. The summed E-state index contributed by atoms with van der Waals surface area (Å²) >= 11 is 0. The standard InChI is InChI=1S/C25H31N3O2/c1-18-15-19(2)17-21(16-18)30-14-6-5-13-28-23-8-4-3-7-22(23)27-24(28)11-12-26-25(29)20-9-10-20/h3-4,7-8,15-17,20H,5-6,9-14H2,1-2H3,(H,26,29). The number of imidazole rings is 1. The third kappa shape index (κ3) is 5.21. The van der Waals surface area contributed by atoms with Crippen molar-refractivity contribution in [3.05, 3.63) is 59.4 Å². The topological polar surface area (TPSA) is 56.1 Å². The smallest absolute Gasteiger partial charge is 0.223 e. The molecule has 4 rings (SSSR count). The highest BCUT2D eigenvalue weighted by atomic mass is 16.5. The average Bonchev–Trinajstić information content (AvgIpc) is 3.50. The first-order valence-corrected chi connectivity index (χ1v) is 11.0. The van der Waals surface area contributed by atoms with Crippen LogP contribution in [0.15, 0.2) is 42.5 Å². The summed E-state index contributed by atoms with van der Waals surface area (Å²) in [5, 5.41) is 3.06. The molecule has 1 saturated carbocycles. The van der Waals surface area contributed by atoms with Crippen LogP contribution in [0.1, 0.15) is 42.6 Å². The van der Waals surface area contributed by atoms with Gasteiger partial charge < -0.3 is 14.6 Å². The molecule has 0 aliphatic heterocycles. The van der Waals surface area contributed by atoms with Gasteiger partial charge in [-0.15, -0.1) is 0 Å². The molecule has 0 radical (unpaired) electrons. The summed E-state index contributed by atoms with van der Waals surface area (Å²) in [6.45, 7) is 6.46. The lowest BCUT2D eigenvalue weighted by atomic mass is 10.1. The average molecular weight is 406 g/mol. The van der Waals surface area contributed by atoms with E-state index in [1.807, 2.05) is 6.07 Å². The molecule has 0 spiro atoms. The molecule has 1 fully saturated rings. The van der Waals surface area contributed by atoms with Crippen molar-refractivity contribution in [2.75, 3.05) is 13.2 Å². The van der Waals surface area contributed by atoms with Crippen molar-refractivity contribution in [2.24, 2.45) is 5.92 Å². The van der Waals surface area contributed by atoms with Crippen LogP contribution in [0.5, 0.6) is 5.75 Å². The van der Waals surface area contributed by atoms with Gasteiger partial charge in [-0.1, -0.05) is 18.2 Å². The van der Waals surface area contributed by atoms with Gasteiger partial charge in [0.1, 0.15) is 11.6 Å².